The molecule has 0 spiro atoms. The standard InChI is InChI=1S/C28H33F2N3O5/c1-37-21-2-3-24-23(15-21)26(18(16-31)17-32-24)25(34)4-5-28(27(35)36)6-8-33(9-7-28)10-11-38-22-13-19(29)12-20(30)14-22/h2-3,12-15,17,25,34H,4-11,16,31H2,1H3,(H,35,36)/t25-/m1/s1. The van der Waals surface area contributed by atoms with Gasteiger partial charge in [-0.15, -0.1) is 0 Å². The third kappa shape index (κ3) is 6.20. The number of nitrogens with two attached hydrogens (primary N) is 1. The van der Waals surface area contributed by atoms with E-state index >= 15 is 0 Å². The van der Waals surface area contributed by atoms with Crippen LogP contribution in [0.5, 0.6) is 11.5 Å². The minimum absolute atomic E-state index is 0.117. The number of carboxylic acids is 1. The predicted molar refractivity (Wildman–Crippen MR) is 138 cm³/mol. The molecule has 4 rings (SSSR count). The third-order valence-corrected chi connectivity index (χ3v) is 7.43. The second kappa shape index (κ2) is 12.0. The fraction of sp³-hybridized carbons (Fsp3) is 0.429. The van der Waals surface area contributed by atoms with E-state index < -0.39 is 29.1 Å². The number of pyridine rings is 1. The second-order valence-electron chi connectivity index (χ2n) is 9.72. The summed E-state index contributed by atoms with van der Waals surface area (Å²) in [4.78, 5) is 18.9. The van der Waals surface area contributed by atoms with E-state index in [-0.39, 0.29) is 25.3 Å². The number of halogens is 2. The largest absolute Gasteiger partial charge is 0.497 e. The van der Waals surface area contributed by atoms with Gasteiger partial charge in [0.1, 0.15) is 29.7 Å². The molecule has 1 aliphatic rings. The molecule has 2 heterocycles. The molecule has 0 amide bonds. The Morgan fingerprint density at radius 2 is 1.87 bits per heavy atom. The summed E-state index contributed by atoms with van der Waals surface area (Å²) in [5.74, 6) is -1.54. The molecule has 10 heteroatoms. The van der Waals surface area contributed by atoms with E-state index in [4.69, 9.17) is 15.2 Å². The number of aliphatic carboxylic acids is 1. The summed E-state index contributed by atoms with van der Waals surface area (Å²) in [6, 6.07) is 8.45. The van der Waals surface area contributed by atoms with Gasteiger partial charge in [-0.25, -0.2) is 8.78 Å². The van der Waals surface area contributed by atoms with Crippen molar-refractivity contribution >= 4 is 16.9 Å². The third-order valence-electron chi connectivity index (χ3n) is 7.43. The summed E-state index contributed by atoms with van der Waals surface area (Å²) in [6.45, 7) is 1.98. The quantitative estimate of drug-likeness (QED) is 0.341. The average Bonchev–Trinajstić information content (AvgIpc) is 2.90. The Bertz CT molecular complexity index is 1260. The summed E-state index contributed by atoms with van der Waals surface area (Å²) < 4.78 is 37.5. The Hall–Kier alpha value is -3.34. The predicted octanol–water partition coefficient (Wildman–Crippen LogP) is 4.04. The lowest BCUT2D eigenvalue weighted by Gasteiger charge is -2.39. The van der Waals surface area contributed by atoms with Crippen LogP contribution in [0.1, 0.15) is 42.9 Å². The average molecular weight is 530 g/mol. The zero-order valence-corrected chi connectivity index (χ0v) is 21.3. The first-order valence-corrected chi connectivity index (χ1v) is 12.6. The maximum absolute atomic E-state index is 13.3. The lowest BCUT2D eigenvalue weighted by atomic mass is 9.74. The molecule has 0 unspecified atom stereocenters. The van der Waals surface area contributed by atoms with Crippen molar-refractivity contribution in [2.45, 2.75) is 38.3 Å². The van der Waals surface area contributed by atoms with Gasteiger partial charge in [-0.1, -0.05) is 0 Å². The van der Waals surface area contributed by atoms with Gasteiger partial charge < -0.3 is 25.4 Å². The first-order valence-electron chi connectivity index (χ1n) is 12.6. The Balaban J connectivity index is 1.39. The van der Waals surface area contributed by atoms with E-state index in [9.17, 15) is 23.8 Å². The lowest BCUT2D eigenvalue weighted by Crippen LogP contribution is -2.45. The molecule has 4 N–H and O–H groups in total. The highest BCUT2D eigenvalue weighted by Crippen LogP contribution is 2.40. The molecule has 2 aromatic carbocycles. The molecule has 1 aromatic heterocycles. The van der Waals surface area contributed by atoms with Crippen molar-refractivity contribution in [2.24, 2.45) is 11.1 Å². The molecule has 1 aliphatic heterocycles. The number of rotatable bonds is 11. The number of methoxy groups -OCH3 is 1. The van der Waals surface area contributed by atoms with Crippen LogP contribution in [0.25, 0.3) is 10.9 Å². The number of nitrogens with zero attached hydrogens (tertiary/aromatic N) is 2. The van der Waals surface area contributed by atoms with Crippen LogP contribution in [-0.4, -0.2) is 59.4 Å². The van der Waals surface area contributed by atoms with Gasteiger partial charge in [0.05, 0.1) is 24.1 Å². The molecule has 1 atom stereocenters. The number of carbonyl (C=O) groups is 1. The Morgan fingerprint density at radius 1 is 1.16 bits per heavy atom. The van der Waals surface area contributed by atoms with Gasteiger partial charge in [0, 0.05) is 42.9 Å². The number of aliphatic hydroxyl groups excluding tert-OH is 1. The van der Waals surface area contributed by atoms with Crippen LogP contribution in [0.4, 0.5) is 8.78 Å². The summed E-state index contributed by atoms with van der Waals surface area (Å²) in [7, 11) is 1.56. The van der Waals surface area contributed by atoms with Crippen molar-refractivity contribution in [1.29, 1.82) is 0 Å². The number of ether oxygens (including phenoxy) is 2. The molecule has 1 saturated heterocycles. The van der Waals surface area contributed by atoms with E-state index in [1.54, 1.807) is 19.4 Å². The second-order valence-corrected chi connectivity index (χ2v) is 9.72. The molecule has 0 bridgehead atoms. The Labute approximate surface area is 220 Å². The summed E-state index contributed by atoms with van der Waals surface area (Å²) in [6.07, 6.45) is 2.12. The molecule has 0 saturated carbocycles. The van der Waals surface area contributed by atoms with Gasteiger partial charge in [0.15, 0.2) is 0 Å². The van der Waals surface area contributed by atoms with E-state index in [2.05, 4.69) is 9.88 Å². The molecule has 3 aromatic rings. The monoisotopic (exact) mass is 529 g/mol. The molecule has 38 heavy (non-hydrogen) atoms. The fourth-order valence-corrected chi connectivity index (χ4v) is 5.15. The van der Waals surface area contributed by atoms with Gasteiger partial charge in [-0.2, -0.15) is 0 Å². The summed E-state index contributed by atoms with van der Waals surface area (Å²) >= 11 is 0. The van der Waals surface area contributed by atoms with Crippen molar-refractivity contribution in [1.82, 2.24) is 9.88 Å². The van der Waals surface area contributed by atoms with Crippen LogP contribution in [0, 0.1) is 17.0 Å². The van der Waals surface area contributed by atoms with Gasteiger partial charge >= 0.3 is 5.97 Å². The maximum Gasteiger partial charge on any atom is 0.309 e. The normalized spacial score (nSPS) is 16.3. The number of fused-ring (bicyclic) bond motifs is 1. The number of hydrogen-bond acceptors (Lipinski definition) is 7. The van der Waals surface area contributed by atoms with Crippen molar-refractivity contribution in [2.75, 3.05) is 33.4 Å². The molecule has 204 valence electrons. The molecular formula is C28H33F2N3O5. The fourth-order valence-electron chi connectivity index (χ4n) is 5.15. The number of benzene rings is 2. The highest BCUT2D eigenvalue weighted by molar-refractivity contribution is 5.85. The Morgan fingerprint density at radius 3 is 2.50 bits per heavy atom. The highest BCUT2D eigenvalue weighted by atomic mass is 19.1. The number of aromatic nitrogens is 1. The zero-order chi connectivity index (χ0) is 27.3. The zero-order valence-electron chi connectivity index (χ0n) is 21.3. The van der Waals surface area contributed by atoms with Gasteiger partial charge in [-0.3, -0.25) is 14.7 Å². The van der Waals surface area contributed by atoms with E-state index in [1.807, 2.05) is 12.1 Å². The molecule has 0 aliphatic carbocycles. The van der Waals surface area contributed by atoms with E-state index in [0.717, 1.165) is 23.6 Å². The van der Waals surface area contributed by atoms with Crippen LogP contribution in [-0.2, 0) is 11.3 Å². The van der Waals surface area contributed by atoms with Crippen LogP contribution < -0.4 is 15.2 Å². The smallest absolute Gasteiger partial charge is 0.309 e. The molecule has 1 fully saturated rings. The number of aliphatic hydroxyl groups is 1. The van der Waals surface area contributed by atoms with Crippen molar-refractivity contribution < 1.29 is 33.3 Å². The number of likely N-dealkylation sites (tertiary alicyclic amines) is 1. The molecular weight excluding hydrogens is 496 g/mol. The van der Waals surface area contributed by atoms with E-state index in [0.29, 0.717) is 61.3 Å². The van der Waals surface area contributed by atoms with Crippen LogP contribution in [0.2, 0.25) is 0 Å². The van der Waals surface area contributed by atoms with Crippen molar-refractivity contribution in [3.63, 3.8) is 0 Å². The number of hydrogen-bond donors (Lipinski definition) is 3. The van der Waals surface area contributed by atoms with Gasteiger partial charge in [0.2, 0.25) is 0 Å². The number of piperidine rings is 1. The first-order chi connectivity index (χ1) is 18.2. The van der Waals surface area contributed by atoms with Crippen molar-refractivity contribution in [3.05, 3.63) is 65.4 Å². The van der Waals surface area contributed by atoms with Crippen LogP contribution in [0.3, 0.4) is 0 Å². The summed E-state index contributed by atoms with van der Waals surface area (Å²) in [5.41, 5.74) is 7.03. The van der Waals surface area contributed by atoms with Gasteiger partial charge in [0.25, 0.3) is 0 Å². The van der Waals surface area contributed by atoms with Crippen molar-refractivity contribution in [3.8, 4) is 11.5 Å². The van der Waals surface area contributed by atoms with Crippen LogP contribution >= 0.6 is 0 Å². The maximum atomic E-state index is 13.3. The molecule has 8 nitrogen and oxygen atoms in total. The first kappa shape index (κ1) is 27.7. The lowest BCUT2D eigenvalue weighted by molar-refractivity contribution is -0.153. The number of carboxylic acid groups (broad SMARTS) is 1. The summed E-state index contributed by atoms with van der Waals surface area (Å²) in [5, 5.41) is 22.1. The van der Waals surface area contributed by atoms with Crippen LogP contribution in [0.15, 0.2) is 42.6 Å². The Kier molecular flexibility index (Phi) is 8.76. The minimum Gasteiger partial charge on any atom is -0.497 e. The highest BCUT2D eigenvalue weighted by Gasteiger charge is 2.41. The topological polar surface area (TPSA) is 118 Å². The SMILES string of the molecule is COc1ccc2ncc(CN)c([C@H](O)CCC3(C(=O)O)CCN(CCOc4cc(F)cc(F)c4)CC3)c2c1. The molecule has 0 radical (unpaired) electrons. The van der Waals surface area contributed by atoms with Gasteiger partial charge in [-0.05, 0) is 68.1 Å². The minimum atomic E-state index is -0.965. The van der Waals surface area contributed by atoms with E-state index in [1.165, 1.54) is 0 Å².